The van der Waals surface area contributed by atoms with E-state index in [1.54, 1.807) is 11.1 Å². The van der Waals surface area contributed by atoms with Crippen molar-refractivity contribution in [2.24, 2.45) is 0 Å². The molecule has 1 amide bonds. The second-order valence-corrected chi connectivity index (χ2v) is 3.46. The van der Waals surface area contributed by atoms with Gasteiger partial charge in [0.15, 0.2) is 0 Å². The lowest BCUT2D eigenvalue weighted by molar-refractivity contribution is 0.0780. The Bertz CT molecular complexity index is 360. The summed E-state index contributed by atoms with van der Waals surface area (Å²) in [6.07, 6.45) is 2.63. The third-order valence-corrected chi connectivity index (χ3v) is 2.42. The maximum Gasteiger partial charge on any atom is 0.255 e. The van der Waals surface area contributed by atoms with Crippen LogP contribution in [0.15, 0.2) is 12.3 Å². The predicted molar refractivity (Wildman–Crippen MR) is 49.6 cm³/mol. The molecule has 0 N–H and O–H groups in total. The van der Waals surface area contributed by atoms with Gasteiger partial charge in [-0.25, -0.2) is 0 Å². The van der Waals surface area contributed by atoms with Gasteiger partial charge in [0.1, 0.15) is 0 Å². The van der Waals surface area contributed by atoms with E-state index in [0.29, 0.717) is 0 Å². The quantitative estimate of drug-likeness (QED) is 0.591. The SMILES string of the molecule is Cc1cc2c(cn1)C(=O)N(C)CC2. The van der Waals surface area contributed by atoms with Gasteiger partial charge in [-0.05, 0) is 25.0 Å². The second kappa shape index (κ2) is 2.83. The second-order valence-electron chi connectivity index (χ2n) is 3.46. The Morgan fingerprint density at radius 1 is 1.54 bits per heavy atom. The van der Waals surface area contributed by atoms with Crippen molar-refractivity contribution in [3.8, 4) is 0 Å². The summed E-state index contributed by atoms with van der Waals surface area (Å²) in [7, 11) is 1.82. The van der Waals surface area contributed by atoms with E-state index in [9.17, 15) is 4.79 Å². The smallest absolute Gasteiger partial charge is 0.255 e. The maximum absolute atomic E-state index is 11.6. The van der Waals surface area contributed by atoms with Crippen molar-refractivity contribution in [2.45, 2.75) is 13.3 Å². The molecule has 0 aliphatic carbocycles. The van der Waals surface area contributed by atoms with Crippen molar-refractivity contribution >= 4 is 5.91 Å². The van der Waals surface area contributed by atoms with Gasteiger partial charge in [-0.3, -0.25) is 9.78 Å². The highest BCUT2D eigenvalue weighted by Crippen LogP contribution is 2.17. The fraction of sp³-hybridized carbons (Fsp3) is 0.400. The molecule has 0 radical (unpaired) electrons. The van der Waals surface area contributed by atoms with Crippen LogP contribution in [0.5, 0.6) is 0 Å². The van der Waals surface area contributed by atoms with Gasteiger partial charge in [-0.2, -0.15) is 0 Å². The normalized spacial score (nSPS) is 15.8. The predicted octanol–water partition coefficient (Wildman–Crippen LogP) is 1.02. The molecule has 3 heteroatoms. The molecule has 0 atom stereocenters. The number of carbonyl (C=O) groups excluding carboxylic acids is 1. The topological polar surface area (TPSA) is 33.2 Å². The number of fused-ring (bicyclic) bond motifs is 1. The fourth-order valence-electron chi connectivity index (χ4n) is 1.61. The average molecular weight is 176 g/mol. The standard InChI is InChI=1S/C10H12N2O/c1-7-5-8-3-4-12(2)10(13)9(8)6-11-7/h5-6H,3-4H2,1-2H3. The number of hydrogen-bond acceptors (Lipinski definition) is 2. The lowest BCUT2D eigenvalue weighted by Gasteiger charge is -2.24. The molecule has 0 spiro atoms. The zero-order chi connectivity index (χ0) is 9.42. The molecule has 1 aliphatic rings. The third-order valence-electron chi connectivity index (χ3n) is 2.42. The molecular formula is C10H12N2O. The Kier molecular flexibility index (Phi) is 1.79. The van der Waals surface area contributed by atoms with Gasteiger partial charge in [0, 0.05) is 25.5 Å². The van der Waals surface area contributed by atoms with Crippen LogP contribution in [0, 0.1) is 6.92 Å². The molecule has 0 saturated carbocycles. The molecule has 0 fully saturated rings. The third kappa shape index (κ3) is 1.30. The van der Waals surface area contributed by atoms with Crippen molar-refractivity contribution in [3.05, 3.63) is 29.1 Å². The van der Waals surface area contributed by atoms with Gasteiger partial charge in [0.2, 0.25) is 0 Å². The van der Waals surface area contributed by atoms with Gasteiger partial charge in [0.05, 0.1) is 5.56 Å². The minimum atomic E-state index is 0.0914. The first-order chi connectivity index (χ1) is 6.18. The minimum absolute atomic E-state index is 0.0914. The zero-order valence-corrected chi connectivity index (χ0v) is 7.87. The van der Waals surface area contributed by atoms with Crippen LogP contribution in [0.1, 0.15) is 21.6 Å². The van der Waals surface area contributed by atoms with E-state index in [1.807, 2.05) is 20.0 Å². The number of nitrogens with zero attached hydrogens (tertiary/aromatic N) is 2. The molecule has 68 valence electrons. The maximum atomic E-state index is 11.6. The van der Waals surface area contributed by atoms with E-state index in [0.717, 1.165) is 29.8 Å². The van der Waals surface area contributed by atoms with Gasteiger partial charge >= 0.3 is 0 Å². The fourth-order valence-corrected chi connectivity index (χ4v) is 1.61. The number of hydrogen-bond donors (Lipinski definition) is 0. The van der Waals surface area contributed by atoms with E-state index < -0.39 is 0 Å². The highest BCUT2D eigenvalue weighted by Gasteiger charge is 2.21. The summed E-state index contributed by atoms with van der Waals surface area (Å²) in [4.78, 5) is 17.5. The Hall–Kier alpha value is -1.38. The Morgan fingerprint density at radius 3 is 3.08 bits per heavy atom. The van der Waals surface area contributed by atoms with Crippen LogP contribution in [0.25, 0.3) is 0 Å². The molecule has 0 aromatic carbocycles. The van der Waals surface area contributed by atoms with Crippen molar-refractivity contribution in [1.82, 2.24) is 9.88 Å². The van der Waals surface area contributed by atoms with Gasteiger partial charge < -0.3 is 4.90 Å². The molecule has 0 saturated heterocycles. The van der Waals surface area contributed by atoms with E-state index in [4.69, 9.17) is 0 Å². The number of aryl methyl sites for hydroxylation is 1. The van der Waals surface area contributed by atoms with E-state index >= 15 is 0 Å². The molecule has 1 aliphatic heterocycles. The number of carbonyl (C=O) groups is 1. The summed E-state index contributed by atoms with van der Waals surface area (Å²) in [6.45, 7) is 2.76. The van der Waals surface area contributed by atoms with Crippen LogP contribution in [-0.4, -0.2) is 29.4 Å². The highest BCUT2D eigenvalue weighted by atomic mass is 16.2. The highest BCUT2D eigenvalue weighted by molar-refractivity contribution is 5.96. The number of aromatic nitrogens is 1. The number of pyridine rings is 1. The van der Waals surface area contributed by atoms with E-state index in [-0.39, 0.29) is 5.91 Å². The van der Waals surface area contributed by atoms with Gasteiger partial charge in [-0.1, -0.05) is 0 Å². The van der Waals surface area contributed by atoms with Gasteiger partial charge in [0.25, 0.3) is 5.91 Å². The zero-order valence-electron chi connectivity index (χ0n) is 7.87. The first-order valence-electron chi connectivity index (χ1n) is 4.39. The molecule has 1 aromatic heterocycles. The number of likely N-dealkylation sites (N-methyl/N-ethyl adjacent to an activating group) is 1. The Balaban J connectivity index is 2.50. The summed E-state index contributed by atoms with van der Waals surface area (Å²) in [5, 5.41) is 0. The molecule has 2 heterocycles. The molecule has 3 nitrogen and oxygen atoms in total. The lowest BCUT2D eigenvalue weighted by atomic mass is 10.0. The summed E-state index contributed by atoms with van der Waals surface area (Å²) in [5.41, 5.74) is 2.88. The Labute approximate surface area is 77.4 Å². The summed E-state index contributed by atoms with van der Waals surface area (Å²) in [6, 6.07) is 2.00. The lowest BCUT2D eigenvalue weighted by Crippen LogP contribution is -2.34. The van der Waals surface area contributed by atoms with Crippen LogP contribution >= 0.6 is 0 Å². The van der Waals surface area contributed by atoms with Crippen LogP contribution in [-0.2, 0) is 6.42 Å². The van der Waals surface area contributed by atoms with E-state index in [1.165, 1.54) is 0 Å². The van der Waals surface area contributed by atoms with E-state index in [2.05, 4.69) is 4.98 Å². The van der Waals surface area contributed by atoms with Crippen molar-refractivity contribution in [1.29, 1.82) is 0 Å². The Morgan fingerprint density at radius 2 is 2.31 bits per heavy atom. The van der Waals surface area contributed by atoms with Crippen molar-refractivity contribution in [2.75, 3.05) is 13.6 Å². The molecule has 2 rings (SSSR count). The molecule has 13 heavy (non-hydrogen) atoms. The van der Waals surface area contributed by atoms with Crippen LogP contribution < -0.4 is 0 Å². The monoisotopic (exact) mass is 176 g/mol. The molecule has 0 bridgehead atoms. The number of rotatable bonds is 0. The molecule has 1 aromatic rings. The average Bonchev–Trinajstić information content (AvgIpc) is 2.12. The largest absolute Gasteiger partial charge is 0.341 e. The summed E-state index contributed by atoms with van der Waals surface area (Å²) >= 11 is 0. The first-order valence-corrected chi connectivity index (χ1v) is 4.39. The van der Waals surface area contributed by atoms with Crippen LogP contribution in [0.2, 0.25) is 0 Å². The van der Waals surface area contributed by atoms with Crippen molar-refractivity contribution in [3.63, 3.8) is 0 Å². The first kappa shape index (κ1) is 8.23. The van der Waals surface area contributed by atoms with Gasteiger partial charge in [-0.15, -0.1) is 0 Å². The number of amides is 1. The molecule has 0 unspecified atom stereocenters. The van der Waals surface area contributed by atoms with Crippen LogP contribution in [0.4, 0.5) is 0 Å². The van der Waals surface area contributed by atoms with Crippen LogP contribution in [0.3, 0.4) is 0 Å². The summed E-state index contributed by atoms with van der Waals surface area (Å²) < 4.78 is 0. The summed E-state index contributed by atoms with van der Waals surface area (Å²) in [5.74, 6) is 0.0914. The van der Waals surface area contributed by atoms with Crippen molar-refractivity contribution < 1.29 is 4.79 Å². The minimum Gasteiger partial charge on any atom is -0.341 e. The molecular weight excluding hydrogens is 164 g/mol.